The molecule has 0 amide bonds. The van der Waals surface area contributed by atoms with Gasteiger partial charge < -0.3 is 19.5 Å². The molecule has 0 aliphatic carbocycles. The van der Waals surface area contributed by atoms with Crippen LogP contribution in [0, 0.1) is 0 Å². The molecule has 2 aromatic carbocycles. The van der Waals surface area contributed by atoms with Gasteiger partial charge in [-0.25, -0.2) is 0 Å². The fraction of sp³-hybridized carbons (Fsp3) is 0.263. The van der Waals surface area contributed by atoms with E-state index in [9.17, 15) is 0 Å². The molecule has 5 heteroatoms. The van der Waals surface area contributed by atoms with Crippen LogP contribution in [0.4, 0.5) is 0 Å². The van der Waals surface area contributed by atoms with Gasteiger partial charge in [-0.05, 0) is 54.8 Å². The second-order valence-corrected chi connectivity index (χ2v) is 6.73. The summed E-state index contributed by atoms with van der Waals surface area (Å²) < 4.78 is 16.7. The average Bonchev–Trinajstić information content (AvgIpc) is 3.00. The van der Waals surface area contributed by atoms with Gasteiger partial charge in [0, 0.05) is 18.1 Å². The van der Waals surface area contributed by atoms with Crippen molar-refractivity contribution in [2.75, 3.05) is 20.5 Å². The molecular formula is C19H21NO3S. The molecule has 4 nitrogen and oxygen atoms in total. The fourth-order valence-corrected chi connectivity index (χ4v) is 2.93. The fourth-order valence-electron chi connectivity index (χ4n) is 2.55. The van der Waals surface area contributed by atoms with Crippen molar-refractivity contribution in [2.24, 2.45) is 0 Å². The van der Waals surface area contributed by atoms with E-state index in [1.165, 1.54) is 0 Å². The Hall–Kier alpha value is -2.27. The van der Waals surface area contributed by atoms with Crippen molar-refractivity contribution in [3.05, 3.63) is 59.7 Å². The van der Waals surface area contributed by atoms with Gasteiger partial charge in [0.2, 0.25) is 5.06 Å². The van der Waals surface area contributed by atoms with E-state index in [0.717, 1.165) is 34.1 Å². The van der Waals surface area contributed by atoms with E-state index < -0.39 is 5.06 Å². The van der Waals surface area contributed by atoms with E-state index >= 15 is 0 Å². The Balaban J connectivity index is 2.03. The first kappa shape index (κ1) is 16.6. The lowest BCUT2D eigenvalue weighted by Gasteiger charge is -2.23. The molecule has 0 aromatic heterocycles. The van der Waals surface area contributed by atoms with E-state index in [1.54, 1.807) is 26.0 Å². The van der Waals surface area contributed by atoms with Crippen molar-refractivity contribution in [2.45, 2.75) is 12.0 Å². The number of benzene rings is 2. The molecule has 1 N–H and O–H groups in total. The topological polar surface area (TPSA) is 39.7 Å². The highest BCUT2D eigenvalue weighted by molar-refractivity contribution is 7.99. The van der Waals surface area contributed by atoms with Gasteiger partial charge in [-0.15, -0.1) is 0 Å². The molecule has 0 saturated heterocycles. The standard InChI is InChI=1S/C19H21NO3S/c1-19(24-4)20-17(13-5-9-15(21-2)10-6-13)18(23-19)14-7-11-16(22-3)12-8-14/h5-12,20H,1-4H3. The van der Waals surface area contributed by atoms with E-state index in [1.807, 2.05) is 61.7 Å². The summed E-state index contributed by atoms with van der Waals surface area (Å²) in [6.07, 6.45) is 2.02. The SMILES string of the molecule is COc1ccc(C2=C(c3ccc(OC)cc3)OC(C)(SC)N2)cc1. The zero-order chi connectivity index (χ0) is 17.2. The van der Waals surface area contributed by atoms with Gasteiger partial charge in [-0.3, -0.25) is 0 Å². The van der Waals surface area contributed by atoms with Crippen LogP contribution in [0.5, 0.6) is 11.5 Å². The minimum atomic E-state index is -0.496. The van der Waals surface area contributed by atoms with Crippen molar-refractivity contribution < 1.29 is 14.2 Å². The van der Waals surface area contributed by atoms with Gasteiger partial charge in [-0.2, -0.15) is 0 Å². The summed E-state index contributed by atoms with van der Waals surface area (Å²) in [5, 5.41) is 3.00. The summed E-state index contributed by atoms with van der Waals surface area (Å²) in [6, 6.07) is 15.8. The maximum Gasteiger partial charge on any atom is 0.226 e. The smallest absolute Gasteiger partial charge is 0.226 e. The van der Waals surface area contributed by atoms with Crippen LogP contribution in [-0.4, -0.2) is 25.5 Å². The normalized spacial score (nSPS) is 19.7. The monoisotopic (exact) mass is 343 g/mol. The summed E-state index contributed by atoms with van der Waals surface area (Å²) in [7, 11) is 3.33. The maximum absolute atomic E-state index is 6.24. The van der Waals surface area contributed by atoms with Crippen LogP contribution >= 0.6 is 11.8 Å². The Kier molecular flexibility index (Phi) is 4.62. The molecule has 1 atom stereocenters. The first-order valence-electron chi connectivity index (χ1n) is 7.64. The molecule has 1 heterocycles. The Morgan fingerprint density at radius 1 is 0.875 bits per heavy atom. The van der Waals surface area contributed by atoms with Crippen LogP contribution in [0.2, 0.25) is 0 Å². The largest absolute Gasteiger partial charge is 0.497 e. The van der Waals surface area contributed by atoms with Crippen LogP contribution in [0.3, 0.4) is 0 Å². The highest BCUT2D eigenvalue weighted by atomic mass is 32.2. The van der Waals surface area contributed by atoms with Crippen LogP contribution in [0.25, 0.3) is 11.5 Å². The molecule has 2 aromatic rings. The lowest BCUT2D eigenvalue weighted by Crippen LogP contribution is -2.34. The number of ether oxygens (including phenoxy) is 3. The number of methoxy groups -OCH3 is 2. The summed E-state index contributed by atoms with van der Waals surface area (Å²) in [6.45, 7) is 2.03. The molecule has 0 radical (unpaired) electrons. The zero-order valence-corrected chi connectivity index (χ0v) is 15.1. The zero-order valence-electron chi connectivity index (χ0n) is 14.3. The molecule has 1 unspecified atom stereocenters. The Morgan fingerprint density at radius 3 is 1.83 bits per heavy atom. The second-order valence-electron chi connectivity index (χ2n) is 5.54. The van der Waals surface area contributed by atoms with Gasteiger partial charge >= 0.3 is 0 Å². The van der Waals surface area contributed by atoms with Crippen LogP contribution < -0.4 is 14.8 Å². The maximum atomic E-state index is 6.24. The van der Waals surface area contributed by atoms with Crippen molar-refractivity contribution in [3.8, 4) is 11.5 Å². The Morgan fingerprint density at radius 2 is 1.38 bits per heavy atom. The number of hydrogen-bond acceptors (Lipinski definition) is 5. The number of thioether (sulfide) groups is 1. The number of rotatable bonds is 5. The lowest BCUT2D eigenvalue weighted by atomic mass is 10.1. The number of nitrogens with one attached hydrogen (secondary N) is 1. The van der Waals surface area contributed by atoms with Gasteiger partial charge in [0.15, 0.2) is 5.76 Å². The highest BCUT2D eigenvalue weighted by Crippen LogP contribution is 2.41. The molecule has 1 aliphatic heterocycles. The van der Waals surface area contributed by atoms with Crippen LogP contribution in [0.1, 0.15) is 18.1 Å². The summed E-state index contributed by atoms with van der Waals surface area (Å²) in [4.78, 5) is 0. The van der Waals surface area contributed by atoms with Crippen molar-refractivity contribution in [1.82, 2.24) is 5.32 Å². The third-order valence-electron chi connectivity index (χ3n) is 4.00. The first-order chi connectivity index (χ1) is 11.6. The highest BCUT2D eigenvalue weighted by Gasteiger charge is 2.36. The number of hydrogen-bond donors (Lipinski definition) is 1. The molecule has 0 bridgehead atoms. The van der Waals surface area contributed by atoms with Crippen molar-refractivity contribution >= 4 is 23.2 Å². The van der Waals surface area contributed by atoms with Crippen molar-refractivity contribution in [3.63, 3.8) is 0 Å². The molecule has 126 valence electrons. The second kappa shape index (κ2) is 6.69. The van der Waals surface area contributed by atoms with Gasteiger partial charge in [0.1, 0.15) is 11.5 Å². The minimum Gasteiger partial charge on any atom is -0.497 e. The molecule has 0 spiro atoms. The Labute approximate surface area is 146 Å². The van der Waals surface area contributed by atoms with E-state index in [2.05, 4.69) is 5.32 Å². The first-order valence-corrected chi connectivity index (χ1v) is 8.86. The molecule has 0 fully saturated rings. The third-order valence-corrected chi connectivity index (χ3v) is 4.96. The quantitative estimate of drug-likeness (QED) is 0.881. The van der Waals surface area contributed by atoms with E-state index in [4.69, 9.17) is 14.2 Å². The molecule has 0 saturated carbocycles. The Bertz CT molecular complexity index is 679. The summed E-state index contributed by atoms with van der Waals surface area (Å²) in [5.74, 6) is 2.49. The van der Waals surface area contributed by atoms with Crippen LogP contribution in [0.15, 0.2) is 48.5 Å². The van der Waals surface area contributed by atoms with Gasteiger partial charge in [-0.1, -0.05) is 11.8 Å². The lowest BCUT2D eigenvalue weighted by molar-refractivity contribution is 0.156. The predicted octanol–water partition coefficient (Wildman–Crippen LogP) is 4.19. The predicted molar refractivity (Wildman–Crippen MR) is 98.9 cm³/mol. The summed E-state index contributed by atoms with van der Waals surface area (Å²) >= 11 is 1.62. The summed E-state index contributed by atoms with van der Waals surface area (Å²) in [5.41, 5.74) is 3.03. The van der Waals surface area contributed by atoms with Crippen molar-refractivity contribution in [1.29, 1.82) is 0 Å². The van der Waals surface area contributed by atoms with Crippen LogP contribution in [-0.2, 0) is 4.74 Å². The van der Waals surface area contributed by atoms with Gasteiger partial charge in [0.05, 0.1) is 19.9 Å². The molecule has 3 rings (SSSR count). The van der Waals surface area contributed by atoms with E-state index in [0.29, 0.717) is 0 Å². The molecule has 1 aliphatic rings. The third kappa shape index (κ3) is 3.17. The van der Waals surface area contributed by atoms with E-state index in [-0.39, 0.29) is 0 Å². The molecular weight excluding hydrogens is 322 g/mol. The van der Waals surface area contributed by atoms with Gasteiger partial charge in [0.25, 0.3) is 0 Å². The molecule has 24 heavy (non-hydrogen) atoms. The average molecular weight is 343 g/mol. The minimum absolute atomic E-state index is 0.496.